The van der Waals surface area contributed by atoms with Crippen LogP contribution in [0.1, 0.15) is 12.8 Å². The third kappa shape index (κ3) is 1.95. The second kappa shape index (κ2) is 4.18. The molecular formula is C10H10BrIN2. The first-order valence-corrected chi connectivity index (χ1v) is 6.35. The topological polar surface area (TPSA) is 27.1 Å². The highest BCUT2D eigenvalue weighted by Gasteiger charge is 2.20. The number of hydrogen-bond donors (Lipinski definition) is 1. The first-order valence-electron chi connectivity index (χ1n) is 4.48. The van der Waals surface area contributed by atoms with Crippen molar-refractivity contribution in [1.29, 1.82) is 5.41 Å². The Labute approximate surface area is 105 Å². The zero-order valence-corrected chi connectivity index (χ0v) is 11.3. The molecular weight excluding hydrogens is 355 g/mol. The molecule has 1 fully saturated rings. The smallest absolute Gasteiger partial charge is 0.100 e. The van der Waals surface area contributed by atoms with E-state index in [9.17, 15) is 0 Å². The first kappa shape index (κ1) is 10.4. The SMILES string of the molecule is N=C1CCCN1c1cc(I)ccc1Br. The van der Waals surface area contributed by atoms with E-state index in [1.54, 1.807) is 0 Å². The van der Waals surface area contributed by atoms with Crippen molar-refractivity contribution in [3.63, 3.8) is 0 Å². The standard InChI is InChI=1S/C10H10BrIN2/c11-8-4-3-7(12)6-9(8)14-5-1-2-10(14)13/h3-4,6,13H,1-2,5H2. The van der Waals surface area contributed by atoms with Gasteiger partial charge in [-0.1, -0.05) is 0 Å². The van der Waals surface area contributed by atoms with E-state index in [1.807, 2.05) is 6.07 Å². The van der Waals surface area contributed by atoms with Crippen LogP contribution in [0, 0.1) is 8.98 Å². The summed E-state index contributed by atoms with van der Waals surface area (Å²) in [6.07, 6.45) is 1.99. The van der Waals surface area contributed by atoms with Crippen LogP contribution in [0.25, 0.3) is 0 Å². The van der Waals surface area contributed by atoms with Gasteiger partial charge >= 0.3 is 0 Å². The molecule has 0 unspecified atom stereocenters. The largest absolute Gasteiger partial charge is 0.329 e. The predicted molar refractivity (Wildman–Crippen MR) is 71.2 cm³/mol. The maximum absolute atomic E-state index is 7.81. The van der Waals surface area contributed by atoms with Crippen LogP contribution in [0.4, 0.5) is 5.69 Å². The van der Waals surface area contributed by atoms with E-state index in [2.05, 4.69) is 55.6 Å². The van der Waals surface area contributed by atoms with E-state index in [0.29, 0.717) is 0 Å². The quantitative estimate of drug-likeness (QED) is 0.757. The maximum Gasteiger partial charge on any atom is 0.100 e. The van der Waals surface area contributed by atoms with Gasteiger partial charge in [-0.2, -0.15) is 0 Å². The number of rotatable bonds is 1. The van der Waals surface area contributed by atoms with Crippen LogP contribution in [0.3, 0.4) is 0 Å². The Morgan fingerprint density at radius 2 is 2.21 bits per heavy atom. The Morgan fingerprint density at radius 1 is 1.43 bits per heavy atom. The van der Waals surface area contributed by atoms with Crippen molar-refractivity contribution in [2.45, 2.75) is 12.8 Å². The average molecular weight is 365 g/mol. The van der Waals surface area contributed by atoms with E-state index in [-0.39, 0.29) is 0 Å². The van der Waals surface area contributed by atoms with Crippen LogP contribution in [0.2, 0.25) is 0 Å². The van der Waals surface area contributed by atoms with E-state index < -0.39 is 0 Å². The Bertz CT molecular complexity index is 378. The molecule has 0 radical (unpaired) electrons. The van der Waals surface area contributed by atoms with Crippen LogP contribution < -0.4 is 4.90 Å². The summed E-state index contributed by atoms with van der Waals surface area (Å²) in [5.41, 5.74) is 1.12. The lowest BCUT2D eigenvalue weighted by Gasteiger charge is -2.19. The lowest BCUT2D eigenvalue weighted by molar-refractivity contribution is 0.955. The molecule has 74 valence electrons. The molecule has 2 rings (SSSR count). The highest BCUT2D eigenvalue weighted by Crippen LogP contribution is 2.31. The summed E-state index contributed by atoms with van der Waals surface area (Å²) in [5.74, 6) is 0.729. The molecule has 2 nitrogen and oxygen atoms in total. The number of hydrogen-bond acceptors (Lipinski definition) is 1. The van der Waals surface area contributed by atoms with E-state index in [4.69, 9.17) is 5.41 Å². The van der Waals surface area contributed by atoms with Crippen LogP contribution in [-0.2, 0) is 0 Å². The molecule has 0 atom stereocenters. The predicted octanol–water partition coefficient (Wildman–Crippen LogP) is 3.63. The van der Waals surface area contributed by atoms with Gasteiger partial charge in [0.15, 0.2) is 0 Å². The number of anilines is 1. The second-order valence-electron chi connectivity index (χ2n) is 3.30. The second-order valence-corrected chi connectivity index (χ2v) is 5.40. The highest BCUT2D eigenvalue weighted by atomic mass is 127. The summed E-state index contributed by atoms with van der Waals surface area (Å²) in [5, 5.41) is 7.81. The molecule has 1 aromatic carbocycles. The number of halogens is 2. The fourth-order valence-electron chi connectivity index (χ4n) is 1.63. The minimum absolute atomic E-state index is 0.729. The molecule has 14 heavy (non-hydrogen) atoms. The number of amidine groups is 1. The zero-order chi connectivity index (χ0) is 10.1. The molecule has 0 spiro atoms. The Morgan fingerprint density at radius 3 is 2.86 bits per heavy atom. The van der Waals surface area contributed by atoms with Gasteiger partial charge in [-0.25, -0.2) is 0 Å². The minimum Gasteiger partial charge on any atom is -0.329 e. The molecule has 1 N–H and O–H groups in total. The lowest BCUT2D eigenvalue weighted by Crippen LogP contribution is -2.23. The number of nitrogens with one attached hydrogen (secondary N) is 1. The lowest BCUT2D eigenvalue weighted by atomic mass is 10.3. The molecule has 0 bridgehead atoms. The zero-order valence-electron chi connectivity index (χ0n) is 7.56. The van der Waals surface area contributed by atoms with Crippen LogP contribution >= 0.6 is 38.5 Å². The summed E-state index contributed by atoms with van der Waals surface area (Å²) < 4.78 is 2.28. The van der Waals surface area contributed by atoms with Gasteiger partial charge in [0.05, 0.1) is 5.69 Å². The Balaban J connectivity index is 2.39. The van der Waals surface area contributed by atoms with Gasteiger partial charge in [0.2, 0.25) is 0 Å². The monoisotopic (exact) mass is 364 g/mol. The Hall–Kier alpha value is -0.100. The van der Waals surface area contributed by atoms with Gasteiger partial charge in [0, 0.05) is 21.0 Å². The van der Waals surface area contributed by atoms with Crippen molar-refractivity contribution >= 4 is 50.0 Å². The van der Waals surface area contributed by atoms with Gasteiger partial charge in [-0.05, 0) is 63.1 Å². The fraction of sp³-hybridized carbons (Fsp3) is 0.300. The molecule has 4 heteroatoms. The van der Waals surface area contributed by atoms with Crippen molar-refractivity contribution in [2.24, 2.45) is 0 Å². The third-order valence-corrected chi connectivity index (χ3v) is 3.66. The van der Waals surface area contributed by atoms with Crippen LogP contribution in [0.15, 0.2) is 22.7 Å². The number of benzene rings is 1. The van der Waals surface area contributed by atoms with E-state index in [1.165, 1.54) is 3.57 Å². The fourth-order valence-corrected chi connectivity index (χ4v) is 2.57. The molecule has 0 aromatic heterocycles. The first-order chi connectivity index (χ1) is 6.68. The average Bonchev–Trinajstić information content (AvgIpc) is 2.56. The van der Waals surface area contributed by atoms with Gasteiger partial charge in [0.25, 0.3) is 0 Å². The van der Waals surface area contributed by atoms with E-state index in [0.717, 1.165) is 35.4 Å². The molecule has 0 amide bonds. The summed E-state index contributed by atoms with van der Waals surface area (Å²) >= 11 is 5.82. The third-order valence-electron chi connectivity index (χ3n) is 2.32. The maximum atomic E-state index is 7.81. The van der Waals surface area contributed by atoms with Gasteiger partial charge in [0.1, 0.15) is 5.84 Å². The van der Waals surface area contributed by atoms with Gasteiger partial charge in [-0.15, -0.1) is 0 Å². The normalized spacial score (nSPS) is 16.4. The summed E-state index contributed by atoms with van der Waals surface area (Å²) in [6.45, 7) is 0.970. The van der Waals surface area contributed by atoms with Crippen LogP contribution in [-0.4, -0.2) is 12.4 Å². The summed E-state index contributed by atoms with van der Waals surface area (Å²) in [7, 11) is 0. The number of nitrogens with zero attached hydrogens (tertiary/aromatic N) is 1. The van der Waals surface area contributed by atoms with Crippen molar-refractivity contribution in [2.75, 3.05) is 11.4 Å². The van der Waals surface area contributed by atoms with Crippen molar-refractivity contribution in [1.82, 2.24) is 0 Å². The van der Waals surface area contributed by atoms with Crippen molar-refractivity contribution in [3.8, 4) is 0 Å². The molecule has 1 saturated heterocycles. The molecule has 0 saturated carbocycles. The van der Waals surface area contributed by atoms with Gasteiger partial charge < -0.3 is 4.90 Å². The summed E-state index contributed by atoms with van der Waals surface area (Å²) in [4.78, 5) is 2.08. The highest BCUT2D eigenvalue weighted by molar-refractivity contribution is 14.1. The van der Waals surface area contributed by atoms with Crippen LogP contribution in [0.5, 0.6) is 0 Å². The van der Waals surface area contributed by atoms with Crippen molar-refractivity contribution < 1.29 is 0 Å². The molecule has 0 aliphatic carbocycles. The molecule has 1 aliphatic heterocycles. The Kier molecular flexibility index (Phi) is 3.11. The van der Waals surface area contributed by atoms with Gasteiger partial charge in [-0.3, -0.25) is 5.41 Å². The summed E-state index contributed by atoms with van der Waals surface area (Å²) in [6, 6.07) is 6.22. The van der Waals surface area contributed by atoms with E-state index >= 15 is 0 Å². The van der Waals surface area contributed by atoms with Crippen molar-refractivity contribution in [3.05, 3.63) is 26.2 Å². The molecule has 1 heterocycles. The molecule has 1 aliphatic rings. The minimum atomic E-state index is 0.729. The molecule has 1 aromatic rings.